The van der Waals surface area contributed by atoms with E-state index < -0.39 is 23.3 Å². The summed E-state index contributed by atoms with van der Waals surface area (Å²) in [4.78, 5) is 25.1. The molecule has 1 aliphatic heterocycles. The molecule has 4 aromatic rings. The highest BCUT2D eigenvalue weighted by molar-refractivity contribution is 6.07. The number of nitrogens with zero attached hydrogens (tertiary/aromatic N) is 1. The van der Waals surface area contributed by atoms with Crippen LogP contribution in [0.25, 0.3) is 10.8 Å². The molecule has 0 radical (unpaired) electrons. The van der Waals surface area contributed by atoms with Crippen molar-refractivity contribution < 1.29 is 23.8 Å². The molecule has 160 valence electrons. The number of carbonyl (C=O) groups is 2. The lowest BCUT2D eigenvalue weighted by Crippen LogP contribution is -2.47. The number of halogens is 1. The lowest BCUT2D eigenvalue weighted by molar-refractivity contribution is -0.124. The molecule has 1 atom stereocenters. The van der Waals surface area contributed by atoms with Crippen molar-refractivity contribution in [2.24, 2.45) is 0 Å². The van der Waals surface area contributed by atoms with Gasteiger partial charge in [-0.05, 0) is 48.0 Å². The zero-order chi connectivity index (χ0) is 22.3. The number of fused-ring (bicyclic) bond motifs is 1. The number of urea groups is 1. The van der Waals surface area contributed by atoms with E-state index in [1.54, 1.807) is 42.6 Å². The van der Waals surface area contributed by atoms with E-state index in [1.165, 1.54) is 22.8 Å². The van der Waals surface area contributed by atoms with Crippen LogP contribution in [0.15, 0.2) is 79.0 Å². The molecule has 32 heavy (non-hydrogen) atoms. The van der Waals surface area contributed by atoms with E-state index in [2.05, 4.69) is 10.6 Å². The predicted octanol–water partition coefficient (Wildman–Crippen LogP) is 4.01. The smallest absolute Gasteiger partial charge is 0.322 e. The normalized spacial score (nSPS) is 17.9. The Kier molecular flexibility index (Phi) is 4.55. The molecule has 1 aromatic heterocycles. The molecule has 3 amide bonds. The number of hydrogen-bond donors (Lipinski definition) is 3. The number of benzene rings is 3. The Hall–Kier alpha value is -4.33. The minimum atomic E-state index is -1.50. The molecule has 1 unspecified atom stereocenters. The summed E-state index contributed by atoms with van der Waals surface area (Å²) in [6, 6.07) is 19.4. The standard InChI is InChI=1S/C24H18FN3O4/c25-17-10-9-15-13-28(21(29)20(15)12-17)14-24(22(30)26-23(31)27-24)16-5-4-8-19(11-16)32-18-6-2-1-3-7-18/h1-13,29H,14H2,(H2,26,27,30,31). The summed E-state index contributed by atoms with van der Waals surface area (Å²) in [6.07, 6.45) is 1.61. The fourth-order valence-corrected chi connectivity index (χ4v) is 3.94. The van der Waals surface area contributed by atoms with Crippen molar-refractivity contribution in [3.8, 4) is 17.4 Å². The summed E-state index contributed by atoms with van der Waals surface area (Å²) < 4.78 is 20.9. The highest BCUT2D eigenvalue weighted by Crippen LogP contribution is 2.35. The van der Waals surface area contributed by atoms with Gasteiger partial charge >= 0.3 is 6.03 Å². The average molecular weight is 431 g/mol. The highest BCUT2D eigenvalue weighted by Gasteiger charge is 2.48. The number of nitrogens with one attached hydrogen (secondary N) is 2. The molecule has 0 aliphatic carbocycles. The summed E-state index contributed by atoms with van der Waals surface area (Å²) in [6.45, 7) is -0.110. The van der Waals surface area contributed by atoms with Crippen LogP contribution in [0.5, 0.6) is 17.4 Å². The van der Waals surface area contributed by atoms with E-state index >= 15 is 0 Å². The molecule has 0 bridgehead atoms. The van der Waals surface area contributed by atoms with Gasteiger partial charge in [-0.15, -0.1) is 0 Å². The van der Waals surface area contributed by atoms with Gasteiger partial charge in [-0.25, -0.2) is 9.18 Å². The van der Waals surface area contributed by atoms with E-state index in [0.717, 1.165) is 0 Å². The number of para-hydroxylation sites is 1. The second-order valence-electron chi connectivity index (χ2n) is 7.57. The minimum absolute atomic E-state index is 0.110. The zero-order valence-electron chi connectivity index (χ0n) is 16.7. The molecule has 3 aromatic carbocycles. The van der Waals surface area contributed by atoms with E-state index in [-0.39, 0.29) is 12.4 Å². The largest absolute Gasteiger partial charge is 0.494 e. The van der Waals surface area contributed by atoms with Gasteiger partial charge in [0.25, 0.3) is 5.91 Å². The number of amides is 3. The molecule has 0 spiro atoms. The van der Waals surface area contributed by atoms with Gasteiger partial charge in [-0.1, -0.05) is 30.3 Å². The molecule has 2 heterocycles. The average Bonchev–Trinajstić information content (AvgIpc) is 3.25. The Morgan fingerprint density at radius 3 is 2.50 bits per heavy atom. The zero-order valence-corrected chi connectivity index (χ0v) is 16.7. The fourth-order valence-electron chi connectivity index (χ4n) is 3.94. The van der Waals surface area contributed by atoms with Crippen LogP contribution in [-0.4, -0.2) is 21.6 Å². The quantitative estimate of drug-likeness (QED) is 0.416. The summed E-state index contributed by atoms with van der Waals surface area (Å²) >= 11 is 0. The van der Waals surface area contributed by atoms with Gasteiger partial charge in [-0.2, -0.15) is 0 Å². The Morgan fingerprint density at radius 2 is 1.75 bits per heavy atom. The number of rotatable bonds is 5. The Balaban J connectivity index is 1.57. The van der Waals surface area contributed by atoms with Crippen molar-refractivity contribution in [1.82, 2.24) is 15.2 Å². The Bertz CT molecular complexity index is 1350. The number of aromatic hydroxyl groups is 1. The van der Waals surface area contributed by atoms with Crippen LogP contribution in [0, 0.1) is 5.82 Å². The van der Waals surface area contributed by atoms with Gasteiger partial charge in [0.05, 0.1) is 6.54 Å². The minimum Gasteiger partial charge on any atom is -0.494 e. The molecule has 5 rings (SSSR count). The van der Waals surface area contributed by atoms with Crippen molar-refractivity contribution in [2.45, 2.75) is 12.1 Å². The van der Waals surface area contributed by atoms with Crippen molar-refractivity contribution in [3.05, 3.63) is 90.4 Å². The summed E-state index contributed by atoms with van der Waals surface area (Å²) in [7, 11) is 0. The van der Waals surface area contributed by atoms with Crippen LogP contribution in [0.3, 0.4) is 0 Å². The van der Waals surface area contributed by atoms with Crippen molar-refractivity contribution >= 4 is 22.7 Å². The van der Waals surface area contributed by atoms with Gasteiger partial charge in [0.15, 0.2) is 11.4 Å². The first-order valence-corrected chi connectivity index (χ1v) is 9.89. The maximum absolute atomic E-state index is 13.7. The van der Waals surface area contributed by atoms with Crippen LogP contribution < -0.4 is 15.4 Å². The molecule has 1 saturated heterocycles. The van der Waals surface area contributed by atoms with Crippen LogP contribution >= 0.6 is 0 Å². The first-order chi connectivity index (χ1) is 15.4. The molecule has 3 N–H and O–H groups in total. The van der Waals surface area contributed by atoms with Gasteiger partial charge in [0.1, 0.15) is 17.3 Å². The van der Waals surface area contributed by atoms with Gasteiger partial charge in [0.2, 0.25) is 0 Å². The van der Waals surface area contributed by atoms with E-state index in [4.69, 9.17) is 4.74 Å². The third-order valence-electron chi connectivity index (χ3n) is 5.48. The first kappa shape index (κ1) is 19.6. The molecule has 0 saturated carbocycles. The SMILES string of the molecule is O=C1NC(=O)C(Cn2cc3ccc(F)cc3c2O)(c2cccc(Oc3ccccc3)c2)N1. The topological polar surface area (TPSA) is 92.6 Å². The van der Waals surface area contributed by atoms with Crippen molar-refractivity contribution in [1.29, 1.82) is 0 Å². The fraction of sp³-hybridized carbons (Fsp3) is 0.0833. The summed E-state index contributed by atoms with van der Waals surface area (Å²) in [5.41, 5.74) is -1.03. The summed E-state index contributed by atoms with van der Waals surface area (Å²) in [5, 5.41) is 16.5. The van der Waals surface area contributed by atoms with Crippen LogP contribution in [-0.2, 0) is 16.9 Å². The van der Waals surface area contributed by atoms with E-state index in [1.807, 2.05) is 18.2 Å². The Labute approximate surface area is 182 Å². The van der Waals surface area contributed by atoms with Gasteiger partial charge in [0, 0.05) is 17.0 Å². The second kappa shape index (κ2) is 7.42. The monoisotopic (exact) mass is 431 g/mol. The Morgan fingerprint density at radius 1 is 0.969 bits per heavy atom. The van der Waals surface area contributed by atoms with Crippen LogP contribution in [0.4, 0.5) is 9.18 Å². The van der Waals surface area contributed by atoms with E-state index in [9.17, 15) is 19.1 Å². The molecule has 8 heteroatoms. The molecular weight excluding hydrogens is 413 g/mol. The van der Waals surface area contributed by atoms with Crippen molar-refractivity contribution in [2.75, 3.05) is 0 Å². The first-order valence-electron chi connectivity index (χ1n) is 9.89. The molecular formula is C24H18FN3O4. The number of hydrogen-bond acceptors (Lipinski definition) is 4. The number of carbonyl (C=O) groups excluding carboxylic acids is 2. The number of imide groups is 1. The van der Waals surface area contributed by atoms with Gasteiger partial charge in [-0.3, -0.25) is 10.1 Å². The number of aromatic nitrogens is 1. The summed E-state index contributed by atoms with van der Waals surface area (Å²) in [5.74, 6) is -0.161. The van der Waals surface area contributed by atoms with Crippen LogP contribution in [0.2, 0.25) is 0 Å². The molecule has 1 fully saturated rings. The number of ether oxygens (including phenoxy) is 1. The highest BCUT2D eigenvalue weighted by atomic mass is 19.1. The third kappa shape index (κ3) is 3.31. The maximum atomic E-state index is 13.7. The predicted molar refractivity (Wildman–Crippen MR) is 115 cm³/mol. The lowest BCUT2D eigenvalue weighted by atomic mass is 9.89. The molecule has 1 aliphatic rings. The van der Waals surface area contributed by atoms with E-state index in [0.29, 0.717) is 27.8 Å². The van der Waals surface area contributed by atoms with Crippen molar-refractivity contribution in [3.63, 3.8) is 0 Å². The second-order valence-corrected chi connectivity index (χ2v) is 7.57. The van der Waals surface area contributed by atoms with Crippen LogP contribution in [0.1, 0.15) is 5.56 Å². The maximum Gasteiger partial charge on any atom is 0.322 e. The van der Waals surface area contributed by atoms with Gasteiger partial charge < -0.3 is 19.7 Å². The lowest BCUT2D eigenvalue weighted by Gasteiger charge is -2.27. The molecule has 7 nitrogen and oxygen atoms in total. The third-order valence-corrected chi connectivity index (χ3v) is 5.48.